The second-order valence-electron chi connectivity index (χ2n) is 8.96. The fourth-order valence-corrected chi connectivity index (χ4v) is 5.82. The fraction of sp³-hybridized carbons (Fsp3) is 0.333. The van der Waals surface area contributed by atoms with Crippen LogP contribution in [0.3, 0.4) is 0 Å². The first kappa shape index (κ1) is 22.7. The van der Waals surface area contributed by atoms with Gasteiger partial charge < -0.3 is 19.7 Å². The fourth-order valence-electron chi connectivity index (χ4n) is 5.82. The summed E-state index contributed by atoms with van der Waals surface area (Å²) in [5.41, 5.74) is 8.00. The summed E-state index contributed by atoms with van der Waals surface area (Å²) in [6.45, 7) is 0.654. The molecule has 0 heterocycles. The number of hydrogen-bond donors (Lipinski definition) is 2. The number of rotatable bonds is 8. The molecular formula is C30H32O4. The number of hydrogen-bond acceptors (Lipinski definition) is 4. The quantitative estimate of drug-likeness (QED) is 0.518. The van der Waals surface area contributed by atoms with Crippen molar-refractivity contribution in [1.29, 1.82) is 0 Å². The Morgan fingerprint density at radius 1 is 0.794 bits per heavy atom. The van der Waals surface area contributed by atoms with Gasteiger partial charge in [0, 0.05) is 6.42 Å². The largest absolute Gasteiger partial charge is 0.496 e. The lowest BCUT2D eigenvalue weighted by atomic mass is 9.63. The van der Waals surface area contributed by atoms with Gasteiger partial charge in [-0.25, -0.2) is 0 Å². The molecule has 3 aliphatic carbocycles. The van der Waals surface area contributed by atoms with Gasteiger partial charge in [-0.1, -0.05) is 60.2 Å². The second kappa shape index (κ2) is 10.0. The smallest absolute Gasteiger partial charge is 0.119 e. The lowest BCUT2D eigenvalue weighted by molar-refractivity contribution is 0.139. The highest BCUT2D eigenvalue weighted by atomic mass is 16.5. The van der Waals surface area contributed by atoms with Gasteiger partial charge in [-0.05, 0) is 71.7 Å². The van der Waals surface area contributed by atoms with Crippen LogP contribution in [0, 0.1) is 0 Å². The van der Waals surface area contributed by atoms with Crippen LogP contribution in [0.1, 0.15) is 48.8 Å². The highest BCUT2D eigenvalue weighted by molar-refractivity contribution is 5.86. The molecule has 2 N–H and O–H groups in total. The Hall–Kier alpha value is -3.08. The van der Waals surface area contributed by atoms with Crippen LogP contribution in [0.15, 0.2) is 89.7 Å². The Balaban J connectivity index is 1.68. The van der Waals surface area contributed by atoms with Crippen LogP contribution in [-0.2, 0) is 10.2 Å². The Kier molecular flexibility index (Phi) is 6.70. The van der Waals surface area contributed by atoms with E-state index in [1.165, 1.54) is 33.4 Å². The second-order valence-corrected chi connectivity index (χ2v) is 8.96. The highest BCUT2D eigenvalue weighted by Crippen LogP contribution is 2.58. The average molecular weight is 457 g/mol. The summed E-state index contributed by atoms with van der Waals surface area (Å²) in [6.07, 6.45) is 13.7. The number of ether oxygens (including phenoxy) is 2. The van der Waals surface area contributed by atoms with Crippen molar-refractivity contribution in [1.82, 2.24) is 0 Å². The number of fused-ring (bicyclic) bond motifs is 2. The van der Waals surface area contributed by atoms with Crippen LogP contribution in [-0.4, -0.2) is 36.6 Å². The van der Waals surface area contributed by atoms with E-state index in [9.17, 15) is 0 Å². The zero-order valence-electron chi connectivity index (χ0n) is 19.5. The SMILES string of the molecule is OCCOC1=CC=C(C2(c3ccc(OCCO)cc3)C3=C(CC=CCC3)c3ccccc32)CC1. The monoisotopic (exact) mass is 456 g/mol. The molecule has 1 unspecified atom stereocenters. The number of allylic oxidation sites excluding steroid dienone is 8. The maximum Gasteiger partial charge on any atom is 0.119 e. The van der Waals surface area contributed by atoms with Crippen molar-refractivity contribution in [2.24, 2.45) is 0 Å². The van der Waals surface area contributed by atoms with E-state index in [-0.39, 0.29) is 18.6 Å². The summed E-state index contributed by atoms with van der Waals surface area (Å²) >= 11 is 0. The van der Waals surface area contributed by atoms with Gasteiger partial charge in [-0.15, -0.1) is 0 Å². The van der Waals surface area contributed by atoms with Gasteiger partial charge in [0.1, 0.15) is 19.0 Å². The van der Waals surface area contributed by atoms with Crippen molar-refractivity contribution in [3.8, 4) is 5.75 Å². The molecule has 0 spiro atoms. The molecule has 0 bridgehead atoms. The summed E-state index contributed by atoms with van der Waals surface area (Å²) in [5.74, 6) is 1.71. The molecule has 0 radical (unpaired) electrons. The number of aliphatic hydroxyl groups is 2. The molecule has 4 nitrogen and oxygen atoms in total. The molecule has 34 heavy (non-hydrogen) atoms. The summed E-state index contributed by atoms with van der Waals surface area (Å²) in [4.78, 5) is 0. The highest BCUT2D eigenvalue weighted by Gasteiger charge is 2.48. The summed E-state index contributed by atoms with van der Waals surface area (Å²) in [7, 11) is 0. The molecule has 0 amide bonds. The summed E-state index contributed by atoms with van der Waals surface area (Å²) in [6, 6.07) is 17.3. The van der Waals surface area contributed by atoms with Gasteiger partial charge in [0.25, 0.3) is 0 Å². The van der Waals surface area contributed by atoms with Gasteiger partial charge in [0.15, 0.2) is 0 Å². The van der Waals surface area contributed by atoms with Gasteiger partial charge in [0.05, 0.1) is 24.4 Å². The van der Waals surface area contributed by atoms with Crippen molar-refractivity contribution < 1.29 is 19.7 Å². The van der Waals surface area contributed by atoms with E-state index >= 15 is 0 Å². The van der Waals surface area contributed by atoms with Gasteiger partial charge in [-0.3, -0.25) is 0 Å². The molecule has 2 aromatic carbocycles. The van der Waals surface area contributed by atoms with Crippen LogP contribution >= 0.6 is 0 Å². The molecule has 0 fully saturated rings. The van der Waals surface area contributed by atoms with Crippen LogP contribution in [0.5, 0.6) is 5.75 Å². The Morgan fingerprint density at radius 3 is 2.35 bits per heavy atom. The molecule has 2 aromatic rings. The normalized spacial score (nSPS) is 21.4. The maximum absolute atomic E-state index is 9.15. The van der Waals surface area contributed by atoms with E-state index in [1.54, 1.807) is 0 Å². The Morgan fingerprint density at radius 2 is 1.59 bits per heavy atom. The zero-order valence-corrected chi connectivity index (χ0v) is 19.5. The third-order valence-corrected chi connectivity index (χ3v) is 7.14. The van der Waals surface area contributed by atoms with E-state index < -0.39 is 0 Å². The first-order valence-corrected chi connectivity index (χ1v) is 12.2. The van der Waals surface area contributed by atoms with Crippen LogP contribution in [0.25, 0.3) is 5.57 Å². The summed E-state index contributed by atoms with van der Waals surface area (Å²) in [5, 5.41) is 18.3. The first-order chi connectivity index (χ1) is 16.8. The van der Waals surface area contributed by atoms with Crippen molar-refractivity contribution >= 4 is 5.57 Å². The molecular weight excluding hydrogens is 424 g/mol. The summed E-state index contributed by atoms with van der Waals surface area (Å²) < 4.78 is 11.4. The lowest BCUT2D eigenvalue weighted by Gasteiger charge is -2.39. The predicted molar refractivity (Wildman–Crippen MR) is 135 cm³/mol. The Labute approximate surface area is 201 Å². The number of benzene rings is 2. The topological polar surface area (TPSA) is 58.9 Å². The van der Waals surface area contributed by atoms with E-state index in [0.29, 0.717) is 13.2 Å². The standard InChI is InChI=1S/C30H32O4/c31-18-20-33-24-14-10-22(11-15-24)30(23-12-16-25(17-13-23)34-21-19-32)28-8-3-1-2-6-26(28)27-7-4-5-9-29(27)30/h1-2,4-5,7,9-12,14-16,31-32H,3,6,8,13,17-21H2. The lowest BCUT2D eigenvalue weighted by Crippen LogP contribution is -2.32. The molecule has 0 saturated heterocycles. The predicted octanol–water partition coefficient (Wildman–Crippen LogP) is 5.46. The minimum atomic E-state index is -0.313. The molecule has 1 atom stereocenters. The van der Waals surface area contributed by atoms with Crippen molar-refractivity contribution in [3.63, 3.8) is 0 Å². The minimum absolute atomic E-state index is 0.00220. The maximum atomic E-state index is 9.15. The van der Waals surface area contributed by atoms with Crippen LogP contribution < -0.4 is 4.74 Å². The van der Waals surface area contributed by atoms with Crippen molar-refractivity contribution in [2.45, 2.75) is 37.5 Å². The Bertz CT molecular complexity index is 1150. The molecule has 0 saturated carbocycles. The van der Waals surface area contributed by atoms with Gasteiger partial charge in [0.2, 0.25) is 0 Å². The molecule has 4 heteroatoms. The minimum Gasteiger partial charge on any atom is -0.496 e. The molecule has 176 valence electrons. The van der Waals surface area contributed by atoms with Gasteiger partial charge in [-0.2, -0.15) is 0 Å². The number of aliphatic hydroxyl groups excluding tert-OH is 2. The third-order valence-electron chi connectivity index (χ3n) is 7.14. The van der Waals surface area contributed by atoms with Gasteiger partial charge >= 0.3 is 0 Å². The third kappa shape index (κ3) is 3.91. The van der Waals surface area contributed by atoms with E-state index in [2.05, 4.69) is 60.7 Å². The van der Waals surface area contributed by atoms with Crippen molar-refractivity contribution in [3.05, 3.63) is 106 Å². The first-order valence-electron chi connectivity index (χ1n) is 12.2. The van der Waals surface area contributed by atoms with Crippen LogP contribution in [0.2, 0.25) is 0 Å². The van der Waals surface area contributed by atoms with E-state index in [4.69, 9.17) is 19.7 Å². The zero-order chi connectivity index (χ0) is 23.4. The average Bonchev–Trinajstić information content (AvgIpc) is 3.01. The van der Waals surface area contributed by atoms with Crippen molar-refractivity contribution in [2.75, 3.05) is 26.4 Å². The molecule has 0 aliphatic heterocycles. The molecule has 3 aliphatic rings. The molecule has 5 rings (SSSR count). The van der Waals surface area contributed by atoms with E-state index in [1.807, 2.05) is 12.1 Å². The molecule has 0 aromatic heterocycles. The van der Waals surface area contributed by atoms with Crippen LogP contribution in [0.4, 0.5) is 0 Å². The van der Waals surface area contributed by atoms with E-state index in [0.717, 1.165) is 43.6 Å².